The first-order valence-electron chi connectivity index (χ1n) is 6.66. The molecule has 0 amide bonds. The maximum absolute atomic E-state index is 12.2. The van der Waals surface area contributed by atoms with Gasteiger partial charge in [-0.2, -0.15) is 0 Å². The molecule has 21 heavy (non-hydrogen) atoms. The first kappa shape index (κ1) is 14.8. The van der Waals surface area contributed by atoms with Crippen molar-refractivity contribution in [1.29, 1.82) is 0 Å². The second kappa shape index (κ2) is 6.74. The van der Waals surface area contributed by atoms with Gasteiger partial charge in [-0.1, -0.05) is 12.1 Å². The molecule has 5 heteroatoms. The number of imidazole rings is 1. The number of carbonyl (C=O) groups is 1. The monoisotopic (exact) mass is 286 g/mol. The van der Waals surface area contributed by atoms with Crippen LogP contribution < -0.4 is 4.74 Å². The SMILES string of the molecule is CCOC(=O)C(=Cc1ccc(OC)cc1)c1nccn1C. The summed E-state index contributed by atoms with van der Waals surface area (Å²) >= 11 is 0. The Labute approximate surface area is 123 Å². The number of aryl methyl sites for hydroxylation is 1. The summed E-state index contributed by atoms with van der Waals surface area (Å²) in [7, 11) is 3.45. The fourth-order valence-corrected chi connectivity index (χ4v) is 1.92. The van der Waals surface area contributed by atoms with Gasteiger partial charge < -0.3 is 14.0 Å². The number of nitrogens with zero attached hydrogens (tertiary/aromatic N) is 2. The third-order valence-corrected chi connectivity index (χ3v) is 2.98. The summed E-state index contributed by atoms with van der Waals surface area (Å²) in [5, 5.41) is 0. The van der Waals surface area contributed by atoms with E-state index in [-0.39, 0.29) is 5.97 Å². The third-order valence-electron chi connectivity index (χ3n) is 2.98. The molecular weight excluding hydrogens is 268 g/mol. The topological polar surface area (TPSA) is 53.4 Å². The van der Waals surface area contributed by atoms with Crippen molar-refractivity contribution < 1.29 is 14.3 Å². The number of aromatic nitrogens is 2. The Balaban J connectivity index is 2.40. The molecular formula is C16H18N2O3. The Morgan fingerprint density at radius 1 is 1.33 bits per heavy atom. The van der Waals surface area contributed by atoms with Gasteiger partial charge in [-0.25, -0.2) is 9.78 Å². The van der Waals surface area contributed by atoms with Crippen LogP contribution in [0.4, 0.5) is 0 Å². The lowest BCUT2D eigenvalue weighted by Gasteiger charge is -2.07. The van der Waals surface area contributed by atoms with Crippen LogP contribution in [0.15, 0.2) is 36.7 Å². The van der Waals surface area contributed by atoms with Gasteiger partial charge in [-0.3, -0.25) is 0 Å². The van der Waals surface area contributed by atoms with Crippen LogP contribution in [-0.4, -0.2) is 29.2 Å². The van der Waals surface area contributed by atoms with Gasteiger partial charge in [0.25, 0.3) is 0 Å². The number of methoxy groups -OCH3 is 1. The molecule has 1 heterocycles. The highest BCUT2D eigenvalue weighted by atomic mass is 16.5. The molecule has 2 aromatic rings. The predicted octanol–water partition coefficient (Wildman–Crippen LogP) is 2.53. The van der Waals surface area contributed by atoms with Crippen LogP contribution in [0.25, 0.3) is 11.6 Å². The van der Waals surface area contributed by atoms with Gasteiger partial charge in [0, 0.05) is 19.4 Å². The molecule has 0 bridgehead atoms. The van der Waals surface area contributed by atoms with E-state index in [1.165, 1.54) is 0 Å². The number of rotatable bonds is 5. The third kappa shape index (κ3) is 3.51. The summed E-state index contributed by atoms with van der Waals surface area (Å²) in [6, 6.07) is 7.43. The van der Waals surface area contributed by atoms with Gasteiger partial charge in [0.1, 0.15) is 17.1 Å². The molecule has 0 N–H and O–H groups in total. The highest BCUT2D eigenvalue weighted by Gasteiger charge is 2.17. The van der Waals surface area contributed by atoms with Crippen molar-refractivity contribution in [3.8, 4) is 5.75 Å². The number of esters is 1. The second-order valence-corrected chi connectivity index (χ2v) is 4.41. The van der Waals surface area contributed by atoms with E-state index in [2.05, 4.69) is 4.98 Å². The zero-order valence-corrected chi connectivity index (χ0v) is 12.4. The van der Waals surface area contributed by atoms with Crippen LogP contribution in [-0.2, 0) is 16.6 Å². The molecule has 0 aliphatic rings. The molecule has 0 aliphatic heterocycles. The Hall–Kier alpha value is -2.56. The lowest BCUT2D eigenvalue weighted by molar-refractivity contribution is -0.136. The fourth-order valence-electron chi connectivity index (χ4n) is 1.92. The molecule has 0 atom stereocenters. The van der Waals surface area contributed by atoms with E-state index in [1.807, 2.05) is 31.3 Å². The van der Waals surface area contributed by atoms with Gasteiger partial charge in [0.2, 0.25) is 0 Å². The number of hydrogen-bond acceptors (Lipinski definition) is 4. The normalized spacial score (nSPS) is 11.3. The van der Waals surface area contributed by atoms with Crippen molar-refractivity contribution in [2.75, 3.05) is 13.7 Å². The summed E-state index contributed by atoms with van der Waals surface area (Å²) < 4.78 is 12.0. The average molecular weight is 286 g/mol. The first-order valence-corrected chi connectivity index (χ1v) is 6.66. The van der Waals surface area contributed by atoms with Crippen LogP contribution in [0.3, 0.4) is 0 Å². The van der Waals surface area contributed by atoms with Crippen molar-refractivity contribution in [3.05, 3.63) is 48.0 Å². The molecule has 0 unspecified atom stereocenters. The first-order chi connectivity index (χ1) is 10.2. The van der Waals surface area contributed by atoms with E-state index in [4.69, 9.17) is 9.47 Å². The van der Waals surface area contributed by atoms with Crippen LogP contribution in [0.2, 0.25) is 0 Å². The van der Waals surface area contributed by atoms with E-state index in [0.717, 1.165) is 11.3 Å². The minimum atomic E-state index is -0.386. The number of carbonyl (C=O) groups excluding carboxylic acids is 1. The molecule has 0 fully saturated rings. The summed E-state index contributed by atoms with van der Waals surface area (Å²) in [4.78, 5) is 16.4. The fraction of sp³-hybridized carbons (Fsp3) is 0.250. The molecule has 1 aromatic carbocycles. The maximum Gasteiger partial charge on any atom is 0.341 e. The molecule has 5 nitrogen and oxygen atoms in total. The lowest BCUT2D eigenvalue weighted by atomic mass is 10.1. The van der Waals surface area contributed by atoms with E-state index < -0.39 is 0 Å². The lowest BCUT2D eigenvalue weighted by Crippen LogP contribution is -2.10. The number of ether oxygens (including phenoxy) is 2. The Kier molecular flexibility index (Phi) is 4.77. The molecule has 110 valence electrons. The minimum Gasteiger partial charge on any atom is -0.497 e. The quantitative estimate of drug-likeness (QED) is 0.626. The zero-order valence-electron chi connectivity index (χ0n) is 12.4. The van der Waals surface area contributed by atoms with Gasteiger partial charge in [-0.05, 0) is 30.7 Å². The van der Waals surface area contributed by atoms with E-state index >= 15 is 0 Å². The van der Waals surface area contributed by atoms with Crippen molar-refractivity contribution in [2.45, 2.75) is 6.92 Å². The molecule has 0 aliphatic carbocycles. The average Bonchev–Trinajstić information content (AvgIpc) is 2.91. The van der Waals surface area contributed by atoms with Gasteiger partial charge in [0.05, 0.1) is 13.7 Å². The molecule has 0 saturated heterocycles. The summed E-state index contributed by atoms with van der Waals surface area (Å²) in [5.74, 6) is 0.953. The number of hydrogen-bond donors (Lipinski definition) is 0. The van der Waals surface area contributed by atoms with Crippen LogP contribution >= 0.6 is 0 Å². The predicted molar refractivity (Wildman–Crippen MR) is 80.7 cm³/mol. The maximum atomic E-state index is 12.2. The van der Waals surface area contributed by atoms with Crippen molar-refractivity contribution in [2.24, 2.45) is 7.05 Å². The highest BCUT2D eigenvalue weighted by molar-refractivity contribution is 6.20. The van der Waals surface area contributed by atoms with Gasteiger partial charge in [0.15, 0.2) is 0 Å². The van der Waals surface area contributed by atoms with Crippen molar-refractivity contribution in [1.82, 2.24) is 9.55 Å². The molecule has 0 radical (unpaired) electrons. The molecule has 0 spiro atoms. The summed E-state index contributed by atoms with van der Waals surface area (Å²) in [5.41, 5.74) is 1.30. The Morgan fingerprint density at radius 2 is 2.05 bits per heavy atom. The highest BCUT2D eigenvalue weighted by Crippen LogP contribution is 2.20. The minimum absolute atomic E-state index is 0.323. The van der Waals surface area contributed by atoms with Gasteiger partial charge in [-0.15, -0.1) is 0 Å². The largest absolute Gasteiger partial charge is 0.497 e. The molecule has 1 aromatic heterocycles. The Morgan fingerprint density at radius 3 is 2.57 bits per heavy atom. The summed E-state index contributed by atoms with van der Waals surface area (Å²) in [6.45, 7) is 2.10. The van der Waals surface area contributed by atoms with E-state index in [0.29, 0.717) is 18.0 Å². The second-order valence-electron chi connectivity index (χ2n) is 4.41. The van der Waals surface area contributed by atoms with Crippen LogP contribution in [0.1, 0.15) is 18.3 Å². The smallest absolute Gasteiger partial charge is 0.341 e. The Bertz CT molecular complexity index is 642. The van der Waals surface area contributed by atoms with Crippen LogP contribution in [0.5, 0.6) is 5.75 Å². The number of benzene rings is 1. The van der Waals surface area contributed by atoms with E-state index in [9.17, 15) is 4.79 Å². The molecule has 2 rings (SSSR count). The standard InChI is InChI=1S/C16H18N2O3/c1-4-21-16(19)14(15-17-9-10-18(15)2)11-12-5-7-13(20-3)8-6-12/h5-11H,4H2,1-3H3. The zero-order chi connectivity index (χ0) is 15.2. The van der Waals surface area contributed by atoms with E-state index in [1.54, 1.807) is 37.1 Å². The summed E-state index contributed by atoms with van der Waals surface area (Å²) in [6.07, 6.45) is 5.20. The molecule has 0 saturated carbocycles. The van der Waals surface area contributed by atoms with Crippen molar-refractivity contribution >= 4 is 17.6 Å². The van der Waals surface area contributed by atoms with Crippen LogP contribution in [0, 0.1) is 0 Å². The van der Waals surface area contributed by atoms with Gasteiger partial charge >= 0.3 is 5.97 Å². The van der Waals surface area contributed by atoms with Crippen molar-refractivity contribution in [3.63, 3.8) is 0 Å².